The molecule has 2 aromatic rings. The molecule has 0 spiro atoms. The molecular formula is C15H13ClN2O2. The Balaban J connectivity index is 2.16. The van der Waals surface area contributed by atoms with E-state index in [9.17, 15) is 4.79 Å². The molecule has 0 aliphatic rings. The van der Waals surface area contributed by atoms with Crippen LogP contribution in [-0.2, 0) is 0 Å². The number of carboxylic acids is 1. The number of benzene rings is 2. The highest BCUT2D eigenvalue weighted by molar-refractivity contribution is 6.30. The molecule has 0 saturated carbocycles. The van der Waals surface area contributed by atoms with Crippen molar-refractivity contribution in [2.75, 3.05) is 5.43 Å². The highest BCUT2D eigenvalue weighted by atomic mass is 35.5. The predicted molar refractivity (Wildman–Crippen MR) is 80.8 cm³/mol. The van der Waals surface area contributed by atoms with Crippen LogP contribution in [-0.4, -0.2) is 17.3 Å². The number of para-hydroxylation sites is 1. The van der Waals surface area contributed by atoms with Crippen molar-refractivity contribution in [2.24, 2.45) is 5.10 Å². The van der Waals surface area contributed by atoms with Gasteiger partial charge in [0.1, 0.15) is 0 Å². The summed E-state index contributed by atoms with van der Waals surface area (Å²) in [5.74, 6) is -0.998. The van der Waals surface area contributed by atoms with Gasteiger partial charge in [0, 0.05) is 5.02 Å². The zero-order valence-corrected chi connectivity index (χ0v) is 11.6. The Bertz CT molecular complexity index is 648. The molecule has 5 heteroatoms. The van der Waals surface area contributed by atoms with Crippen LogP contribution in [0.1, 0.15) is 21.5 Å². The number of aryl methyl sites for hydroxylation is 1. The lowest BCUT2D eigenvalue weighted by Crippen LogP contribution is -2.02. The number of aromatic carboxylic acids is 1. The molecular weight excluding hydrogens is 276 g/mol. The van der Waals surface area contributed by atoms with Crippen molar-refractivity contribution in [1.29, 1.82) is 0 Å². The molecule has 2 N–H and O–H groups in total. The van der Waals surface area contributed by atoms with Gasteiger partial charge in [-0.15, -0.1) is 0 Å². The fraction of sp³-hybridized carbons (Fsp3) is 0.0667. The minimum Gasteiger partial charge on any atom is -0.478 e. The maximum absolute atomic E-state index is 11.0. The van der Waals surface area contributed by atoms with Gasteiger partial charge in [0.2, 0.25) is 0 Å². The third kappa shape index (κ3) is 3.59. The van der Waals surface area contributed by atoms with Crippen LogP contribution in [0, 0.1) is 6.92 Å². The lowest BCUT2D eigenvalue weighted by molar-refractivity contribution is 0.0698. The third-order valence-corrected chi connectivity index (χ3v) is 2.84. The molecule has 0 bridgehead atoms. The van der Waals surface area contributed by atoms with Crippen LogP contribution in [0.3, 0.4) is 0 Å². The van der Waals surface area contributed by atoms with Gasteiger partial charge in [0.15, 0.2) is 0 Å². The van der Waals surface area contributed by atoms with Crippen LogP contribution in [0.15, 0.2) is 47.6 Å². The Labute approximate surface area is 121 Å². The van der Waals surface area contributed by atoms with Crippen LogP contribution in [0.5, 0.6) is 0 Å². The number of hydrogen-bond donors (Lipinski definition) is 2. The lowest BCUT2D eigenvalue weighted by Gasteiger charge is -2.04. The highest BCUT2D eigenvalue weighted by Crippen LogP contribution is 2.15. The fourth-order valence-corrected chi connectivity index (χ4v) is 2.08. The topological polar surface area (TPSA) is 61.7 Å². The van der Waals surface area contributed by atoms with Gasteiger partial charge in [-0.2, -0.15) is 5.10 Å². The van der Waals surface area contributed by atoms with E-state index in [2.05, 4.69) is 10.5 Å². The predicted octanol–water partition coefficient (Wildman–Crippen LogP) is 3.79. The van der Waals surface area contributed by atoms with Gasteiger partial charge < -0.3 is 5.11 Å². The number of carboxylic acid groups (broad SMARTS) is 1. The van der Waals surface area contributed by atoms with Gasteiger partial charge in [-0.25, -0.2) is 4.79 Å². The summed E-state index contributed by atoms with van der Waals surface area (Å²) in [6.07, 6.45) is 1.59. The Kier molecular flexibility index (Phi) is 4.38. The first-order valence-corrected chi connectivity index (χ1v) is 6.32. The summed E-state index contributed by atoms with van der Waals surface area (Å²) >= 11 is 5.95. The zero-order valence-electron chi connectivity index (χ0n) is 10.8. The number of rotatable bonds is 4. The molecule has 0 radical (unpaired) electrons. The van der Waals surface area contributed by atoms with E-state index in [1.54, 1.807) is 30.5 Å². The van der Waals surface area contributed by atoms with Gasteiger partial charge in [-0.1, -0.05) is 29.8 Å². The standard InChI is InChI=1S/C15H13ClN2O2/c1-10-6-11(8-12(16)7-10)9-17-18-14-5-3-2-4-13(14)15(19)20/h2-9,18H,1H3,(H,19,20)/b17-9-. The quantitative estimate of drug-likeness (QED) is 0.664. The fourth-order valence-electron chi connectivity index (χ4n) is 1.78. The molecule has 2 aromatic carbocycles. The zero-order chi connectivity index (χ0) is 14.5. The molecule has 0 unspecified atom stereocenters. The van der Waals surface area contributed by atoms with E-state index >= 15 is 0 Å². The van der Waals surface area contributed by atoms with Gasteiger partial charge in [-0.3, -0.25) is 5.43 Å². The first-order chi connectivity index (χ1) is 9.56. The second-order valence-corrected chi connectivity index (χ2v) is 4.72. The van der Waals surface area contributed by atoms with E-state index in [-0.39, 0.29) is 5.56 Å². The van der Waals surface area contributed by atoms with Crippen molar-refractivity contribution >= 4 is 29.5 Å². The largest absolute Gasteiger partial charge is 0.478 e. The number of carbonyl (C=O) groups is 1. The Morgan fingerprint density at radius 1 is 1.30 bits per heavy atom. The molecule has 2 rings (SSSR count). The van der Waals surface area contributed by atoms with Crippen molar-refractivity contribution in [1.82, 2.24) is 0 Å². The molecule has 20 heavy (non-hydrogen) atoms. The van der Waals surface area contributed by atoms with E-state index in [4.69, 9.17) is 16.7 Å². The molecule has 0 atom stereocenters. The smallest absolute Gasteiger partial charge is 0.337 e. The van der Waals surface area contributed by atoms with Crippen LogP contribution in [0.2, 0.25) is 5.02 Å². The summed E-state index contributed by atoms with van der Waals surface area (Å²) in [5, 5.41) is 13.7. The Hall–Kier alpha value is -2.33. The number of halogens is 1. The molecule has 4 nitrogen and oxygen atoms in total. The van der Waals surface area contributed by atoms with Gasteiger partial charge >= 0.3 is 5.97 Å². The minimum atomic E-state index is -0.998. The van der Waals surface area contributed by atoms with E-state index in [0.717, 1.165) is 11.1 Å². The van der Waals surface area contributed by atoms with E-state index in [1.807, 2.05) is 19.1 Å². The molecule has 0 fully saturated rings. The first-order valence-electron chi connectivity index (χ1n) is 5.95. The lowest BCUT2D eigenvalue weighted by atomic mass is 10.1. The van der Waals surface area contributed by atoms with Crippen LogP contribution in [0.25, 0.3) is 0 Å². The summed E-state index contributed by atoms with van der Waals surface area (Å²) in [4.78, 5) is 11.0. The number of hydrogen-bond acceptors (Lipinski definition) is 3. The maximum Gasteiger partial charge on any atom is 0.337 e. The molecule has 0 aliphatic heterocycles. The molecule has 0 aliphatic carbocycles. The van der Waals surface area contributed by atoms with Crippen molar-refractivity contribution in [3.8, 4) is 0 Å². The summed E-state index contributed by atoms with van der Waals surface area (Å²) in [7, 11) is 0. The Morgan fingerprint density at radius 2 is 2.05 bits per heavy atom. The minimum absolute atomic E-state index is 0.173. The average Bonchev–Trinajstić information content (AvgIpc) is 2.38. The average molecular weight is 289 g/mol. The van der Waals surface area contributed by atoms with Crippen LogP contribution in [0.4, 0.5) is 5.69 Å². The molecule has 0 saturated heterocycles. The molecule has 0 aromatic heterocycles. The normalized spacial score (nSPS) is 10.7. The van der Waals surface area contributed by atoms with Gasteiger partial charge in [-0.05, 0) is 42.3 Å². The maximum atomic E-state index is 11.0. The van der Waals surface area contributed by atoms with Gasteiger partial charge in [0.25, 0.3) is 0 Å². The van der Waals surface area contributed by atoms with E-state index < -0.39 is 5.97 Å². The summed E-state index contributed by atoms with van der Waals surface area (Å²) < 4.78 is 0. The SMILES string of the molecule is Cc1cc(Cl)cc(/C=N\Nc2ccccc2C(=O)O)c1. The number of nitrogens with one attached hydrogen (secondary N) is 1. The summed E-state index contributed by atoms with van der Waals surface area (Å²) in [5.41, 5.74) is 5.22. The van der Waals surface area contributed by atoms with Crippen LogP contribution >= 0.6 is 11.6 Å². The van der Waals surface area contributed by atoms with Crippen molar-refractivity contribution < 1.29 is 9.90 Å². The molecule has 102 valence electrons. The number of hydrazone groups is 1. The second-order valence-electron chi connectivity index (χ2n) is 4.28. The van der Waals surface area contributed by atoms with E-state index in [1.165, 1.54) is 6.07 Å². The summed E-state index contributed by atoms with van der Waals surface area (Å²) in [6, 6.07) is 12.1. The van der Waals surface area contributed by atoms with Crippen molar-refractivity contribution in [3.63, 3.8) is 0 Å². The van der Waals surface area contributed by atoms with Crippen molar-refractivity contribution in [3.05, 3.63) is 64.2 Å². The Morgan fingerprint density at radius 3 is 2.75 bits per heavy atom. The van der Waals surface area contributed by atoms with Gasteiger partial charge in [0.05, 0.1) is 17.5 Å². The summed E-state index contributed by atoms with van der Waals surface area (Å²) in [6.45, 7) is 1.94. The second kappa shape index (κ2) is 6.21. The number of anilines is 1. The monoisotopic (exact) mass is 288 g/mol. The first kappa shape index (κ1) is 14.1. The number of nitrogens with zero attached hydrogens (tertiary/aromatic N) is 1. The molecule has 0 heterocycles. The van der Waals surface area contributed by atoms with Crippen LogP contribution < -0.4 is 5.43 Å². The molecule has 0 amide bonds. The van der Waals surface area contributed by atoms with Crippen molar-refractivity contribution in [2.45, 2.75) is 6.92 Å². The third-order valence-electron chi connectivity index (χ3n) is 2.62. The highest BCUT2D eigenvalue weighted by Gasteiger charge is 2.07. The van der Waals surface area contributed by atoms with E-state index in [0.29, 0.717) is 10.7 Å².